The van der Waals surface area contributed by atoms with Crippen molar-refractivity contribution in [2.45, 2.75) is 32.6 Å². The Hall–Kier alpha value is -1.10. The third kappa shape index (κ3) is 2.92. The lowest BCUT2D eigenvalue weighted by atomic mass is 9.74. The molecule has 1 aliphatic rings. The lowest BCUT2D eigenvalue weighted by Gasteiger charge is -2.35. The summed E-state index contributed by atoms with van der Waals surface area (Å²) in [7, 11) is 0. The van der Waals surface area contributed by atoms with Crippen LogP contribution in [0.2, 0.25) is 0 Å². The summed E-state index contributed by atoms with van der Waals surface area (Å²) >= 11 is 0. The number of rotatable bonds is 3. The minimum absolute atomic E-state index is 0.210. The Balaban J connectivity index is 2.70. The number of hydrogen-bond donors (Lipinski definition) is 3. The van der Waals surface area contributed by atoms with Gasteiger partial charge in [0.2, 0.25) is 5.91 Å². The van der Waals surface area contributed by atoms with Crippen molar-refractivity contribution in [2.75, 3.05) is 13.1 Å². The first-order valence-electron chi connectivity index (χ1n) is 5.42. The van der Waals surface area contributed by atoms with E-state index in [0.717, 1.165) is 38.8 Å². The molecule has 4 N–H and O–H groups in total. The van der Waals surface area contributed by atoms with Gasteiger partial charge in [-0.3, -0.25) is 10.1 Å². The average molecular weight is 213 g/mol. The van der Waals surface area contributed by atoms with Gasteiger partial charge in [-0.2, -0.15) is 0 Å². The van der Waals surface area contributed by atoms with E-state index in [1.54, 1.807) is 0 Å². The van der Waals surface area contributed by atoms with Crippen LogP contribution in [0.3, 0.4) is 0 Å². The molecule has 86 valence electrons. The first kappa shape index (κ1) is 12.0. The molecule has 0 saturated carbocycles. The van der Waals surface area contributed by atoms with Crippen molar-refractivity contribution < 1.29 is 9.59 Å². The van der Waals surface area contributed by atoms with Crippen molar-refractivity contribution in [3.8, 4) is 0 Å². The Kier molecular flexibility index (Phi) is 4.08. The summed E-state index contributed by atoms with van der Waals surface area (Å²) in [6, 6.07) is -0.756. The van der Waals surface area contributed by atoms with Crippen LogP contribution in [-0.2, 0) is 4.79 Å². The number of piperidine rings is 1. The van der Waals surface area contributed by atoms with Crippen molar-refractivity contribution >= 4 is 11.9 Å². The molecule has 1 heterocycles. The van der Waals surface area contributed by atoms with Gasteiger partial charge in [-0.05, 0) is 32.4 Å². The first-order chi connectivity index (χ1) is 7.10. The topological polar surface area (TPSA) is 84.2 Å². The van der Waals surface area contributed by atoms with E-state index in [1.165, 1.54) is 0 Å². The standard InChI is InChI=1S/C10H19N3O2/c1-2-3-10(4-6-12-7-5-10)8(14)13-9(11)15/h12H,2-7H2,1H3,(H3,11,13,14,15). The molecule has 1 saturated heterocycles. The van der Waals surface area contributed by atoms with Crippen molar-refractivity contribution in [1.29, 1.82) is 0 Å². The molecule has 0 atom stereocenters. The van der Waals surface area contributed by atoms with Crippen molar-refractivity contribution in [3.05, 3.63) is 0 Å². The molecule has 1 fully saturated rings. The van der Waals surface area contributed by atoms with Gasteiger partial charge in [0.1, 0.15) is 0 Å². The fourth-order valence-electron chi connectivity index (χ4n) is 2.22. The van der Waals surface area contributed by atoms with Crippen LogP contribution < -0.4 is 16.4 Å². The van der Waals surface area contributed by atoms with Gasteiger partial charge in [0.25, 0.3) is 0 Å². The molecule has 0 spiro atoms. The van der Waals surface area contributed by atoms with E-state index in [9.17, 15) is 9.59 Å². The van der Waals surface area contributed by atoms with Crippen LogP contribution in [0.4, 0.5) is 4.79 Å². The highest BCUT2D eigenvalue weighted by Crippen LogP contribution is 2.34. The molecule has 1 aliphatic heterocycles. The van der Waals surface area contributed by atoms with Gasteiger partial charge >= 0.3 is 6.03 Å². The van der Waals surface area contributed by atoms with Crippen molar-refractivity contribution in [3.63, 3.8) is 0 Å². The quantitative estimate of drug-likeness (QED) is 0.632. The zero-order valence-corrected chi connectivity index (χ0v) is 9.14. The number of nitrogens with one attached hydrogen (secondary N) is 2. The van der Waals surface area contributed by atoms with Gasteiger partial charge in [0.15, 0.2) is 0 Å². The largest absolute Gasteiger partial charge is 0.351 e. The maximum absolute atomic E-state index is 11.9. The molecular formula is C10H19N3O2. The third-order valence-electron chi connectivity index (χ3n) is 3.01. The number of carbonyl (C=O) groups is 2. The zero-order valence-electron chi connectivity index (χ0n) is 9.14. The lowest BCUT2D eigenvalue weighted by Crippen LogP contribution is -2.50. The Morgan fingerprint density at radius 2 is 2.00 bits per heavy atom. The summed E-state index contributed by atoms with van der Waals surface area (Å²) in [6.07, 6.45) is 3.31. The van der Waals surface area contributed by atoms with E-state index >= 15 is 0 Å². The monoisotopic (exact) mass is 213 g/mol. The van der Waals surface area contributed by atoms with Crippen molar-refractivity contribution in [1.82, 2.24) is 10.6 Å². The predicted molar refractivity (Wildman–Crippen MR) is 57.2 cm³/mol. The highest BCUT2D eigenvalue weighted by Gasteiger charge is 2.38. The smallest absolute Gasteiger partial charge is 0.318 e. The SMILES string of the molecule is CCCC1(C(=O)NC(N)=O)CCNCC1. The van der Waals surface area contributed by atoms with Gasteiger partial charge in [-0.15, -0.1) is 0 Å². The summed E-state index contributed by atoms with van der Waals surface area (Å²) in [5.41, 5.74) is 4.57. The average Bonchev–Trinajstić information content (AvgIpc) is 2.18. The van der Waals surface area contributed by atoms with Gasteiger partial charge in [0.05, 0.1) is 5.41 Å². The minimum atomic E-state index is -0.756. The fraction of sp³-hybridized carbons (Fsp3) is 0.800. The molecule has 0 unspecified atom stereocenters. The Morgan fingerprint density at radius 1 is 1.40 bits per heavy atom. The minimum Gasteiger partial charge on any atom is -0.351 e. The second kappa shape index (κ2) is 5.11. The number of nitrogens with two attached hydrogens (primary N) is 1. The predicted octanol–water partition coefficient (Wildman–Crippen LogP) is 0.351. The van der Waals surface area contributed by atoms with Crippen LogP contribution in [0, 0.1) is 5.41 Å². The van der Waals surface area contributed by atoms with Crippen LogP contribution in [0.25, 0.3) is 0 Å². The maximum atomic E-state index is 11.9. The van der Waals surface area contributed by atoms with Crippen LogP contribution >= 0.6 is 0 Å². The molecule has 0 aromatic rings. The Bertz CT molecular complexity index is 242. The van der Waals surface area contributed by atoms with Gasteiger partial charge in [-0.1, -0.05) is 13.3 Å². The number of carbonyl (C=O) groups excluding carboxylic acids is 2. The third-order valence-corrected chi connectivity index (χ3v) is 3.01. The Labute approximate surface area is 89.8 Å². The molecule has 0 bridgehead atoms. The van der Waals surface area contributed by atoms with Gasteiger partial charge in [0, 0.05) is 0 Å². The molecule has 0 aromatic heterocycles. The second-order valence-electron chi connectivity index (χ2n) is 4.10. The molecule has 15 heavy (non-hydrogen) atoms. The second-order valence-corrected chi connectivity index (χ2v) is 4.10. The molecule has 5 heteroatoms. The molecule has 0 radical (unpaired) electrons. The lowest BCUT2D eigenvalue weighted by molar-refractivity contribution is -0.131. The number of amides is 3. The van der Waals surface area contributed by atoms with E-state index in [2.05, 4.69) is 10.6 Å². The number of hydrogen-bond acceptors (Lipinski definition) is 3. The van der Waals surface area contributed by atoms with E-state index in [0.29, 0.717) is 0 Å². The number of primary amides is 1. The maximum Gasteiger partial charge on any atom is 0.318 e. The highest BCUT2D eigenvalue weighted by atomic mass is 16.2. The Morgan fingerprint density at radius 3 is 2.47 bits per heavy atom. The van der Waals surface area contributed by atoms with Crippen LogP contribution in [-0.4, -0.2) is 25.0 Å². The van der Waals surface area contributed by atoms with E-state index < -0.39 is 11.4 Å². The number of urea groups is 1. The summed E-state index contributed by atoms with van der Waals surface area (Å²) < 4.78 is 0. The fourth-order valence-corrected chi connectivity index (χ4v) is 2.22. The highest BCUT2D eigenvalue weighted by molar-refractivity contribution is 5.96. The molecule has 1 rings (SSSR count). The summed E-state index contributed by atoms with van der Waals surface area (Å²) in [6.45, 7) is 3.69. The van der Waals surface area contributed by atoms with E-state index in [-0.39, 0.29) is 5.91 Å². The molecule has 5 nitrogen and oxygen atoms in total. The zero-order chi connectivity index (χ0) is 11.3. The van der Waals surface area contributed by atoms with Gasteiger partial charge in [-0.25, -0.2) is 4.79 Å². The van der Waals surface area contributed by atoms with Gasteiger partial charge < -0.3 is 11.1 Å². The first-order valence-corrected chi connectivity index (χ1v) is 5.42. The summed E-state index contributed by atoms with van der Waals surface area (Å²) in [5, 5.41) is 5.42. The van der Waals surface area contributed by atoms with Crippen molar-refractivity contribution in [2.24, 2.45) is 11.1 Å². The van der Waals surface area contributed by atoms with E-state index in [1.807, 2.05) is 6.92 Å². The van der Waals surface area contributed by atoms with E-state index in [4.69, 9.17) is 5.73 Å². The molecular weight excluding hydrogens is 194 g/mol. The molecule has 0 aliphatic carbocycles. The molecule has 0 aromatic carbocycles. The number of imide groups is 1. The van der Waals surface area contributed by atoms with Crippen LogP contribution in [0.5, 0.6) is 0 Å². The summed E-state index contributed by atoms with van der Waals surface area (Å²) in [4.78, 5) is 22.6. The normalized spacial score (nSPS) is 19.5. The van der Waals surface area contributed by atoms with Crippen LogP contribution in [0.15, 0.2) is 0 Å². The molecule has 3 amide bonds. The summed E-state index contributed by atoms with van der Waals surface area (Å²) in [5.74, 6) is -0.210. The van der Waals surface area contributed by atoms with Crippen LogP contribution in [0.1, 0.15) is 32.6 Å².